The number of benzene rings is 1. The Kier molecular flexibility index (Phi) is 92.8. The predicted molar refractivity (Wildman–Crippen MR) is 532 cm³/mol. The number of unbranched alkanes of at least 4 members (excludes halogenated alkanes) is 3. The van der Waals surface area contributed by atoms with Gasteiger partial charge in [-0.3, -0.25) is 10.6 Å². The van der Waals surface area contributed by atoms with Crippen molar-refractivity contribution in [2.75, 3.05) is 286 Å². The van der Waals surface area contributed by atoms with Crippen molar-refractivity contribution in [2.24, 2.45) is 0 Å². The maximum absolute atomic E-state index is 11.2. The third-order valence-electron chi connectivity index (χ3n) is 16.9. The van der Waals surface area contributed by atoms with Crippen molar-refractivity contribution < 1.29 is 101 Å². The zero-order chi connectivity index (χ0) is 107. The van der Waals surface area contributed by atoms with Gasteiger partial charge in [0.25, 0.3) is 5.95 Å². The minimum atomic E-state index is -0.801. The Morgan fingerprint density at radius 1 is 0.329 bits per heavy atom. The third-order valence-corrected chi connectivity index (χ3v) is 16.9. The van der Waals surface area contributed by atoms with Crippen molar-refractivity contribution in [1.29, 1.82) is 0 Å². The van der Waals surface area contributed by atoms with E-state index < -0.39 is 18.2 Å². The average Bonchev–Trinajstić information content (AvgIpc) is 1.21. The SMILES string of the molecule is CNC(=O)NC1CCC(NC(=O)NC)CC1.CNC(=O)NCC(O)CNC(=O)NC.CNC(=O)NCCCCCCNC(=O)NC.CNC(=O)NCCCNC(=O)NC.CNC(=O)NCCN(C)CCNC(=O)NC.CNC(=O)NCCNCCNC(=O)NC.CNC(=O)NCCOCCOCCNC(=O)NC.CNC(=O)Nc1ccc(C)c(NC(=O)NC)c1.CNC(=O)Nc1n[nH]c(NC(=O)NC)n1. The monoisotopic (exact) mass is 2010 g/mol. The zero-order valence-electron chi connectivity index (χ0n) is 84.4. The molecule has 1 fully saturated rings. The van der Waals surface area contributed by atoms with Gasteiger partial charge in [-0.2, -0.15) is 4.98 Å². The van der Waals surface area contributed by atoms with Crippen LogP contribution in [0.2, 0.25) is 0 Å². The predicted octanol–water partition coefficient (Wildman–Crippen LogP) is -5.11. The summed E-state index contributed by atoms with van der Waals surface area (Å²) in [5.74, 6) is 0.210. The maximum atomic E-state index is 11.2. The highest BCUT2D eigenvalue weighted by Gasteiger charge is 2.23. The second-order valence-corrected chi connectivity index (χ2v) is 27.5. The van der Waals surface area contributed by atoms with E-state index in [1.807, 2.05) is 24.9 Å². The molecule has 1 aromatic carbocycles. The maximum Gasteiger partial charge on any atom is 0.321 e. The van der Waals surface area contributed by atoms with Crippen molar-refractivity contribution in [3.63, 3.8) is 0 Å². The van der Waals surface area contributed by atoms with Crippen LogP contribution in [0, 0.1) is 6.92 Å². The molecular weight excluding hydrogens is 1850 g/mol. The second kappa shape index (κ2) is 95.7. The first-order valence-electron chi connectivity index (χ1n) is 44.5. The number of aliphatic hydroxyl groups is 1. The highest BCUT2D eigenvalue weighted by molar-refractivity contribution is 5.94. The van der Waals surface area contributed by atoms with Gasteiger partial charge in [-0.1, -0.05) is 18.9 Å². The van der Waals surface area contributed by atoms with E-state index in [1.165, 1.54) is 42.3 Å². The zero-order valence-corrected chi connectivity index (χ0v) is 84.4. The number of rotatable bonds is 42. The first-order valence-corrected chi connectivity index (χ1v) is 44.5. The van der Waals surface area contributed by atoms with Gasteiger partial charge in [0.2, 0.25) is 5.95 Å². The molecule has 806 valence electrons. The second-order valence-electron chi connectivity index (χ2n) is 27.5. The standard InChI is InChI=1S/C11H16N4O2.C10H22N4O4.C10H20N4O2.C10H22N4O2.C9H21N5O2.C8H19N5O2.C7H16N4O3.C7H16N4O2.C6H11N7O2/c1-7-4-5-8(14-10(16)12-2)6-9(7)15-11(17)13-3;1-11-9(15)13-3-5-17-7-8-18-6-4-14-10(16)12-2;1-11-9(15)13-7-3-5-8(6-4-7)14-10(16)12-2;1-11-9(15)13-7-5-3-4-6-8-14-10(16)12-2;1-10-8(15)12-4-6-14(3)7-5-13-9(16)11-2;1-9-7(14)12-5-3-11-4-6-13-8(15)10-2;1-8-6(13)10-3-5(12)4-11-7(14)9-2;1-8-6(12)10-4-3-5-11-7(13)9-2;1-7-5(14)10-3-9-4(13-12-3)11-6(15)8-2/h4-6H,1-3H3,(H2,12,14,16)(H2,13,15,17);3-8H2,1-2H3,(H2,11,13,15)(H2,12,14,16);7-8H,3-6H2,1-2H3,(H2,11,13,15)(H2,12,14,16);3-8H2,1-2H3,(H2,11,13,15)(H2,12,14,16);4-7H2,1-3H3,(H2,10,12,15)(H2,11,13,16);11H,3-6H2,1-2H3,(H2,9,12,14)(H2,10,13,15);5,12H,3-4H2,1-2H3,(H2,8,10,13)(H2,9,11,14);3-5H2,1-2H3,(H2,8,10,12)(H2,9,11,13);1-2H3,(H5,7,8,9,10,11,12,13,14,15). The smallest absolute Gasteiger partial charge is 0.321 e. The summed E-state index contributed by atoms with van der Waals surface area (Å²) in [6.45, 7) is 12.3. The van der Waals surface area contributed by atoms with Gasteiger partial charge in [0.15, 0.2) is 0 Å². The fourth-order valence-electron chi connectivity index (χ4n) is 9.15. The molecule has 62 nitrogen and oxygen atoms in total. The molecule has 62 heteroatoms. The molecule has 1 aliphatic carbocycles. The summed E-state index contributed by atoms with van der Waals surface area (Å²) < 4.78 is 10.4. The van der Waals surface area contributed by atoms with Crippen LogP contribution in [0.15, 0.2) is 18.2 Å². The lowest BCUT2D eigenvalue weighted by Crippen LogP contribution is -2.47. The summed E-state index contributed by atoms with van der Waals surface area (Å²) in [6, 6.07) is 1.32. The Hall–Kier alpha value is -15.0. The lowest BCUT2D eigenvalue weighted by molar-refractivity contribution is 0.0510. The van der Waals surface area contributed by atoms with Crippen molar-refractivity contribution in [1.82, 2.24) is 196 Å². The van der Waals surface area contributed by atoms with E-state index in [2.05, 4.69) is 212 Å². The summed E-state index contributed by atoms with van der Waals surface area (Å²) in [7, 11) is 29.8. The topological polar surface area (TPSA) is 836 Å². The molecule has 0 unspecified atom stereocenters. The fourth-order valence-corrected chi connectivity index (χ4v) is 9.15. The first-order chi connectivity index (χ1) is 66.9. The van der Waals surface area contributed by atoms with Crippen molar-refractivity contribution in [2.45, 2.75) is 82.9 Å². The molecule has 140 heavy (non-hydrogen) atoms. The Bertz CT molecular complexity index is 3540. The summed E-state index contributed by atoms with van der Waals surface area (Å²) in [6.07, 6.45) is 7.57. The molecule has 1 aromatic heterocycles. The number of likely N-dealkylation sites (N-methyl/N-ethyl adjacent to an activating group) is 1. The molecule has 1 aliphatic rings. The van der Waals surface area contributed by atoms with Gasteiger partial charge in [-0.25, -0.2) is 91.4 Å². The van der Waals surface area contributed by atoms with Crippen LogP contribution in [0.3, 0.4) is 0 Å². The number of aromatic nitrogens is 3. The quantitative estimate of drug-likeness (QED) is 0.0277. The van der Waals surface area contributed by atoms with Crippen LogP contribution < -0.4 is 197 Å². The number of hydrogen-bond acceptors (Lipinski definition) is 25. The highest BCUT2D eigenvalue weighted by Crippen LogP contribution is 2.21. The van der Waals surface area contributed by atoms with Gasteiger partial charge in [-0.15, -0.1) is 5.10 Å². The number of H-pyrrole nitrogens is 1. The number of anilines is 4. The van der Waals surface area contributed by atoms with Gasteiger partial charge in [0.1, 0.15) is 0 Å². The molecule has 0 bridgehead atoms. The van der Waals surface area contributed by atoms with Gasteiger partial charge in [0.05, 0.1) is 32.5 Å². The Morgan fingerprint density at radius 2 is 0.614 bits per heavy atom. The number of carbonyl (C=O) groups excluding carboxylic acids is 18. The fraction of sp³-hybridized carbons (Fsp3) is 0.667. The Balaban J connectivity index is -0.000000361. The molecule has 0 radical (unpaired) electrons. The molecule has 3 rings (SSSR count). The van der Waals surface area contributed by atoms with Gasteiger partial charge in [0, 0.05) is 255 Å². The normalized spacial score (nSPS) is 11.1. The lowest BCUT2D eigenvalue weighted by Gasteiger charge is -2.29. The van der Waals surface area contributed by atoms with Crippen LogP contribution >= 0.6 is 0 Å². The van der Waals surface area contributed by atoms with Crippen molar-refractivity contribution >= 4 is 132 Å². The first kappa shape index (κ1) is 136. The van der Waals surface area contributed by atoms with Crippen LogP contribution in [0.25, 0.3) is 0 Å². The van der Waals surface area contributed by atoms with Gasteiger partial charge in [-0.05, 0) is 76.6 Å². The van der Waals surface area contributed by atoms with Gasteiger partial charge >= 0.3 is 109 Å². The number of aryl methyl sites for hydroxylation is 1. The Labute approximate surface area is 818 Å². The number of aliphatic hydroxyl groups excluding tert-OH is 1. The summed E-state index contributed by atoms with van der Waals surface area (Å²) in [5, 5.41) is 109. The number of urea groups is 18. The number of hydrogen-bond donors (Lipinski definition) is 39. The molecule has 1 heterocycles. The molecule has 1 saturated carbocycles. The van der Waals surface area contributed by atoms with E-state index in [4.69, 9.17) is 9.47 Å². The van der Waals surface area contributed by atoms with Crippen LogP contribution in [-0.4, -0.2) is 417 Å². The molecule has 36 amide bonds. The lowest BCUT2D eigenvalue weighted by atomic mass is 9.91. The van der Waals surface area contributed by atoms with E-state index in [-0.39, 0.29) is 134 Å². The van der Waals surface area contributed by atoms with E-state index in [0.29, 0.717) is 123 Å². The molecule has 0 saturated heterocycles. The highest BCUT2D eigenvalue weighted by atomic mass is 16.5. The summed E-state index contributed by atoms with van der Waals surface area (Å²) >= 11 is 0. The van der Waals surface area contributed by atoms with Crippen LogP contribution in [0.1, 0.15) is 63.4 Å². The molecular formula is C78H163N41O21. The van der Waals surface area contributed by atoms with Gasteiger partial charge < -0.3 is 206 Å². The van der Waals surface area contributed by atoms with E-state index in [1.54, 1.807) is 96.7 Å². The third kappa shape index (κ3) is 92.1. The molecule has 0 atom stereocenters. The summed E-state index contributed by atoms with van der Waals surface area (Å²) in [4.78, 5) is 201. The number of amides is 36. The van der Waals surface area contributed by atoms with Crippen LogP contribution in [-0.2, 0) is 9.47 Å². The van der Waals surface area contributed by atoms with E-state index in [0.717, 1.165) is 70.0 Å². The molecule has 39 N–H and O–H groups in total. The molecule has 0 spiro atoms. The molecule has 2 aromatic rings. The minimum Gasteiger partial charge on any atom is -0.389 e. The van der Waals surface area contributed by atoms with Crippen molar-refractivity contribution in [3.8, 4) is 0 Å². The van der Waals surface area contributed by atoms with E-state index >= 15 is 0 Å². The van der Waals surface area contributed by atoms with Crippen molar-refractivity contribution in [3.05, 3.63) is 23.8 Å². The van der Waals surface area contributed by atoms with Crippen LogP contribution in [0.4, 0.5) is 110 Å². The average molecular weight is 2010 g/mol. The molecule has 0 aliphatic heterocycles. The minimum absolute atomic E-state index is 0.0701. The number of nitrogens with one attached hydrogen (secondary N) is 38. The van der Waals surface area contributed by atoms with E-state index in [9.17, 15) is 91.4 Å². The number of aromatic amines is 1. The summed E-state index contributed by atoms with van der Waals surface area (Å²) in [5.41, 5.74) is 2.18. The number of ether oxygens (including phenoxy) is 2. The Morgan fingerprint density at radius 3 is 0.950 bits per heavy atom. The largest absolute Gasteiger partial charge is 0.389 e. The number of nitrogens with zero attached hydrogens (tertiary/aromatic N) is 3. The number of carbonyl (C=O) groups is 18. The van der Waals surface area contributed by atoms with Crippen LogP contribution in [0.5, 0.6) is 0 Å².